The number of aliphatic hydroxyl groups is 1. The van der Waals surface area contributed by atoms with Crippen molar-refractivity contribution in [2.24, 2.45) is 23.7 Å². The van der Waals surface area contributed by atoms with Crippen LogP contribution < -0.4 is 0 Å². The fraction of sp³-hybridized carbons (Fsp3) is 1.00. The molecule has 0 aromatic heterocycles. The molecule has 0 aromatic rings. The molecule has 1 nitrogen and oxygen atoms in total. The van der Waals surface area contributed by atoms with Gasteiger partial charge in [-0.25, -0.2) is 0 Å². The van der Waals surface area contributed by atoms with Crippen molar-refractivity contribution in [1.29, 1.82) is 0 Å². The van der Waals surface area contributed by atoms with Crippen LogP contribution in [0.15, 0.2) is 0 Å². The largest absolute Gasteiger partial charge is 0.393 e. The Kier molecular flexibility index (Phi) is 1.71. The molecular formula is C10H18O. The van der Waals surface area contributed by atoms with Crippen LogP contribution in [0.3, 0.4) is 0 Å². The Balaban J connectivity index is 1.90. The summed E-state index contributed by atoms with van der Waals surface area (Å²) in [7, 11) is 0. The first-order valence-electron chi connectivity index (χ1n) is 4.90. The molecule has 0 bridgehead atoms. The van der Waals surface area contributed by atoms with Crippen molar-refractivity contribution in [2.75, 3.05) is 0 Å². The molecule has 0 aliphatic heterocycles. The van der Waals surface area contributed by atoms with E-state index in [-0.39, 0.29) is 6.10 Å². The molecule has 2 saturated carbocycles. The van der Waals surface area contributed by atoms with Crippen LogP contribution in [0, 0.1) is 23.7 Å². The second-order valence-corrected chi connectivity index (χ2v) is 4.57. The maximum Gasteiger partial charge on any atom is 0.0596 e. The maximum absolute atomic E-state index is 9.77. The van der Waals surface area contributed by atoms with Gasteiger partial charge < -0.3 is 5.11 Å². The molecule has 3 atom stereocenters. The van der Waals surface area contributed by atoms with Crippen molar-refractivity contribution in [3.8, 4) is 0 Å². The van der Waals surface area contributed by atoms with E-state index >= 15 is 0 Å². The molecule has 0 heterocycles. The van der Waals surface area contributed by atoms with Gasteiger partial charge >= 0.3 is 0 Å². The summed E-state index contributed by atoms with van der Waals surface area (Å²) >= 11 is 0. The van der Waals surface area contributed by atoms with Crippen LogP contribution in [-0.4, -0.2) is 11.2 Å². The Hall–Kier alpha value is -0.0400. The third-order valence-electron chi connectivity index (χ3n) is 3.55. The van der Waals surface area contributed by atoms with Gasteiger partial charge in [-0.05, 0) is 36.5 Å². The Bertz CT molecular complexity index is 143. The molecule has 11 heavy (non-hydrogen) atoms. The molecule has 0 amide bonds. The van der Waals surface area contributed by atoms with Gasteiger partial charge in [-0.3, -0.25) is 0 Å². The molecule has 0 aromatic carbocycles. The van der Waals surface area contributed by atoms with Gasteiger partial charge in [0, 0.05) is 0 Å². The number of aliphatic hydroxyl groups excluding tert-OH is 1. The van der Waals surface area contributed by atoms with Crippen LogP contribution >= 0.6 is 0 Å². The molecule has 2 fully saturated rings. The Labute approximate surface area is 68.8 Å². The zero-order valence-electron chi connectivity index (χ0n) is 7.46. The number of hydrogen-bond donors (Lipinski definition) is 1. The number of fused-ring (bicyclic) bond motifs is 1. The van der Waals surface area contributed by atoms with Crippen LogP contribution in [0.2, 0.25) is 0 Å². The second kappa shape index (κ2) is 2.48. The smallest absolute Gasteiger partial charge is 0.0596 e. The molecule has 2 aliphatic carbocycles. The summed E-state index contributed by atoms with van der Waals surface area (Å²) in [5.41, 5.74) is 0. The average Bonchev–Trinajstić information content (AvgIpc) is 2.41. The van der Waals surface area contributed by atoms with Gasteiger partial charge in [0.05, 0.1) is 6.10 Å². The van der Waals surface area contributed by atoms with Crippen LogP contribution in [0.5, 0.6) is 0 Å². The minimum Gasteiger partial charge on any atom is -0.393 e. The number of hydrogen-bond acceptors (Lipinski definition) is 1. The fourth-order valence-electron chi connectivity index (χ4n) is 2.83. The Morgan fingerprint density at radius 2 is 1.73 bits per heavy atom. The number of rotatable bonds is 2. The molecule has 2 aliphatic rings. The Morgan fingerprint density at radius 1 is 1.18 bits per heavy atom. The van der Waals surface area contributed by atoms with Gasteiger partial charge in [0.15, 0.2) is 0 Å². The third-order valence-corrected chi connectivity index (χ3v) is 3.55. The first-order valence-corrected chi connectivity index (χ1v) is 4.90. The predicted octanol–water partition coefficient (Wildman–Crippen LogP) is 2.05. The highest BCUT2D eigenvalue weighted by molar-refractivity contribution is 5.04. The first kappa shape index (κ1) is 7.60. The molecule has 1 N–H and O–H groups in total. The zero-order valence-corrected chi connectivity index (χ0v) is 7.46. The molecule has 1 heteroatoms. The second-order valence-electron chi connectivity index (χ2n) is 4.57. The van der Waals surface area contributed by atoms with Crippen molar-refractivity contribution in [3.05, 3.63) is 0 Å². The van der Waals surface area contributed by atoms with Gasteiger partial charge in [0.1, 0.15) is 0 Å². The first-order chi connectivity index (χ1) is 5.22. The van der Waals surface area contributed by atoms with E-state index in [1.807, 2.05) is 0 Å². The molecule has 0 saturated heterocycles. The molecule has 3 unspecified atom stereocenters. The zero-order chi connectivity index (χ0) is 8.01. The van der Waals surface area contributed by atoms with Crippen molar-refractivity contribution < 1.29 is 5.11 Å². The molecular weight excluding hydrogens is 136 g/mol. The van der Waals surface area contributed by atoms with Gasteiger partial charge in [0.2, 0.25) is 0 Å². The molecule has 0 spiro atoms. The SMILES string of the molecule is CC(C)C(O)C1C2CCCC21. The minimum atomic E-state index is -0.00898. The van der Waals surface area contributed by atoms with Gasteiger partial charge in [0.25, 0.3) is 0 Å². The van der Waals surface area contributed by atoms with E-state index in [9.17, 15) is 5.11 Å². The fourth-order valence-corrected chi connectivity index (χ4v) is 2.83. The highest BCUT2D eigenvalue weighted by Crippen LogP contribution is 2.59. The van der Waals surface area contributed by atoms with E-state index < -0.39 is 0 Å². The van der Waals surface area contributed by atoms with E-state index in [1.54, 1.807) is 0 Å². The van der Waals surface area contributed by atoms with Gasteiger partial charge in [-0.15, -0.1) is 0 Å². The molecule has 64 valence electrons. The van der Waals surface area contributed by atoms with E-state index in [4.69, 9.17) is 0 Å². The van der Waals surface area contributed by atoms with Gasteiger partial charge in [-0.2, -0.15) is 0 Å². The summed E-state index contributed by atoms with van der Waals surface area (Å²) in [6, 6.07) is 0. The highest BCUT2D eigenvalue weighted by atomic mass is 16.3. The molecule has 0 radical (unpaired) electrons. The van der Waals surface area contributed by atoms with Crippen molar-refractivity contribution >= 4 is 0 Å². The third kappa shape index (κ3) is 1.10. The quantitative estimate of drug-likeness (QED) is 0.645. The van der Waals surface area contributed by atoms with E-state index in [1.165, 1.54) is 19.3 Å². The van der Waals surface area contributed by atoms with Crippen LogP contribution in [-0.2, 0) is 0 Å². The van der Waals surface area contributed by atoms with E-state index in [0.29, 0.717) is 11.8 Å². The lowest BCUT2D eigenvalue weighted by atomic mass is 9.97. The average molecular weight is 154 g/mol. The van der Waals surface area contributed by atoms with Crippen molar-refractivity contribution in [3.63, 3.8) is 0 Å². The monoisotopic (exact) mass is 154 g/mol. The van der Waals surface area contributed by atoms with Crippen LogP contribution in [0.4, 0.5) is 0 Å². The normalized spacial score (nSPS) is 44.2. The lowest BCUT2D eigenvalue weighted by Gasteiger charge is -2.15. The van der Waals surface area contributed by atoms with Gasteiger partial charge in [-0.1, -0.05) is 20.3 Å². The standard InChI is InChI=1S/C10H18O/c1-6(2)10(11)9-7-4-3-5-8(7)9/h6-11H,3-5H2,1-2H3. The lowest BCUT2D eigenvalue weighted by Crippen LogP contribution is -2.19. The summed E-state index contributed by atoms with van der Waals surface area (Å²) < 4.78 is 0. The van der Waals surface area contributed by atoms with E-state index in [0.717, 1.165) is 11.8 Å². The maximum atomic E-state index is 9.77. The predicted molar refractivity (Wildman–Crippen MR) is 45.2 cm³/mol. The highest BCUT2D eigenvalue weighted by Gasteiger charge is 2.55. The summed E-state index contributed by atoms with van der Waals surface area (Å²) in [6.07, 6.45) is 4.18. The van der Waals surface area contributed by atoms with Crippen LogP contribution in [0.25, 0.3) is 0 Å². The van der Waals surface area contributed by atoms with E-state index in [2.05, 4.69) is 13.8 Å². The topological polar surface area (TPSA) is 20.2 Å². The van der Waals surface area contributed by atoms with Crippen molar-refractivity contribution in [1.82, 2.24) is 0 Å². The summed E-state index contributed by atoms with van der Waals surface area (Å²) in [5, 5.41) is 9.77. The lowest BCUT2D eigenvalue weighted by molar-refractivity contribution is 0.0896. The summed E-state index contributed by atoms with van der Waals surface area (Å²) in [6.45, 7) is 4.25. The summed E-state index contributed by atoms with van der Waals surface area (Å²) in [4.78, 5) is 0. The minimum absolute atomic E-state index is 0.00898. The Morgan fingerprint density at radius 3 is 2.18 bits per heavy atom. The summed E-state index contributed by atoms with van der Waals surface area (Å²) in [5.74, 6) is 2.97. The van der Waals surface area contributed by atoms with Crippen LogP contribution in [0.1, 0.15) is 33.1 Å². The molecule has 2 rings (SSSR count). The van der Waals surface area contributed by atoms with Crippen molar-refractivity contribution in [2.45, 2.75) is 39.2 Å².